The normalized spacial score (nSPS) is 10.8. The third-order valence-electron chi connectivity index (χ3n) is 3.48. The standard InChI is InChI=1S/C19H16N4O4/c20-19-22-16(21-18(23-19)14-3-1-2-4-15(14)24)10-7-12-5-8-13(9-6-12)27-11-17(25)26/h1-10,24H,11H2,(H,25,26)(H2,20,21,22,23)/b10-7+. The first-order valence-corrected chi connectivity index (χ1v) is 7.94. The fourth-order valence-corrected chi connectivity index (χ4v) is 2.26. The number of carboxylic acids is 1. The van der Waals surface area contributed by atoms with E-state index in [1.807, 2.05) is 0 Å². The van der Waals surface area contributed by atoms with Crippen molar-refractivity contribution in [3.8, 4) is 22.9 Å². The molecule has 0 aliphatic rings. The molecule has 0 atom stereocenters. The Morgan fingerprint density at radius 1 is 1.04 bits per heavy atom. The maximum Gasteiger partial charge on any atom is 0.341 e. The van der Waals surface area contributed by atoms with Crippen LogP contribution in [0.5, 0.6) is 11.5 Å². The van der Waals surface area contributed by atoms with Crippen molar-refractivity contribution < 1.29 is 19.7 Å². The molecule has 0 aliphatic carbocycles. The summed E-state index contributed by atoms with van der Waals surface area (Å²) in [5.41, 5.74) is 7.04. The topological polar surface area (TPSA) is 131 Å². The van der Waals surface area contributed by atoms with Crippen molar-refractivity contribution >= 4 is 24.1 Å². The molecular formula is C19H16N4O4. The molecule has 3 rings (SSSR count). The second kappa shape index (κ2) is 7.96. The van der Waals surface area contributed by atoms with Gasteiger partial charge >= 0.3 is 5.97 Å². The van der Waals surface area contributed by atoms with E-state index in [0.717, 1.165) is 5.56 Å². The van der Waals surface area contributed by atoms with Crippen molar-refractivity contribution in [2.45, 2.75) is 0 Å². The van der Waals surface area contributed by atoms with E-state index < -0.39 is 12.6 Å². The van der Waals surface area contributed by atoms with Crippen LogP contribution in [0.1, 0.15) is 11.4 Å². The lowest BCUT2D eigenvalue weighted by molar-refractivity contribution is -0.139. The Hall–Kier alpha value is -3.94. The van der Waals surface area contributed by atoms with E-state index in [9.17, 15) is 9.90 Å². The van der Waals surface area contributed by atoms with Gasteiger partial charge in [-0.1, -0.05) is 30.3 Å². The number of hydrogen-bond acceptors (Lipinski definition) is 7. The lowest BCUT2D eigenvalue weighted by Crippen LogP contribution is -2.09. The Morgan fingerprint density at radius 2 is 1.78 bits per heavy atom. The summed E-state index contributed by atoms with van der Waals surface area (Å²) in [7, 11) is 0. The molecule has 1 heterocycles. The Bertz CT molecular complexity index is 987. The zero-order valence-corrected chi connectivity index (χ0v) is 14.1. The van der Waals surface area contributed by atoms with E-state index >= 15 is 0 Å². The van der Waals surface area contributed by atoms with Gasteiger partial charge in [-0.2, -0.15) is 9.97 Å². The Labute approximate surface area is 154 Å². The number of aromatic nitrogens is 3. The van der Waals surface area contributed by atoms with Gasteiger partial charge in [-0.15, -0.1) is 0 Å². The first-order valence-electron chi connectivity index (χ1n) is 7.94. The molecule has 136 valence electrons. The average Bonchev–Trinajstić information content (AvgIpc) is 2.65. The monoisotopic (exact) mass is 364 g/mol. The SMILES string of the molecule is Nc1nc(/C=C/c2ccc(OCC(=O)O)cc2)nc(-c2ccccc2O)n1. The van der Waals surface area contributed by atoms with Crippen LogP contribution in [0.3, 0.4) is 0 Å². The minimum atomic E-state index is -1.04. The summed E-state index contributed by atoms with van der Waals surface area (Å²) in [5, 5.41) is 18.6. The van der Waals surface area contributed by atoms with Gasteiger partial charge in [-0.25, -0.2) is 9.78 Å². The van der Waals surface area contributed by atoms with Crippen molar-refractivity contribution in [3.63, 3.8) is 0 Å². The van der Waals surface area contributed by atoms with Crippen LogP contribution in [-0.4, -0.2) is 37.7 Å². The Kier molecular flexibility index (Phi) is 5.27. The van der Waals surface area contributed by atoms with E-state index in [0.29, 0.717) is 17.1 Å². The highest BCUT2D eigenvalue weighted by Gasteiger charge is 2.09. The van der Waals surface area contributed by atoms with Crippen LogP contribution in [-0.2, 0) is 4.79 Å². The molecule has 0 aliphatic heterocycles. The Morgan fingerprint density at radius 3 is 2.48 bits per heavy atom. The van der Waals surface area contributed by atoms with Gasteiger partial charge < -0.3 is 20.7 Å². The highest BCUT2D eigenvalue weighted by atomic mass is 16.5. The summed E-state index contributed by atoms with van der Waals surface area (Å²) in [6.07, 6.45) is 3.43. The van der Waals surface area contributed by atoms with Gasteiger partial charge in [-0.05, 0) is 35.9 Å². The van der Waals surface area contributed by atoms with E-state index in [4.69, 9.17) is 15.6 Å². The molecule has 8 nitrogen and oxygen atoms in total. The highest BCUT2D eigenvalue weighted by Crippen LogP contribution is 2.26. The number of aliphatic carboxylic acids is 1. The minimum absolute atomic E-state index is 0.0420. The number of hydrogen-bond donors (Lipinski definition) is 3. The maximum atomic E-state index is 10.5. The lowest BCUT2D eigenvalue weighted by atomic mass is 10.2. The number of aromatic hydroxyl groups is 1. The molecule has 0 amide bonds. The molecule has 2 aromatic carbocycles. The summed E-state index contributed by atoms with van der Waals surface area (Å²) in [6, 6.07) is 13.6. The first kappa shape index (κ1) is 17.9. The number of para-hydroxylation sites is 1. The third-order valence-corrected chi connectivity index (χ3v) is 3.48. The zero-order valence-electron chi connectivity index (χ0n) is 14.1. The molecule has 0 fully saturated rings. The molecule has 8 heteroatoms. The second-order valence-corrected chi connectivity index (χ2v) is 5.48. The van der Waals surface area contributed by atoms with Crippen molar-refractivity contribution in [2.75, 3.05) is 12.3 Å². The van der Waals surface area contributed by atoms with Gasteiger partial charge in [0.2, 0.25) is 5.95 Å². The first-order chi connectivity index (χ1) is 13.0. The number of carboxylic acid groups (broad SMARTS) is 1. The molecule has 0 bridgehead atoms. The number of nitrogens with two attached hydrogens (primary N) is 1. The van der Waals surface area contributed by atoms with Crippen LogP contribution in [0.15, 0.2) is 48.5 Å². The van der Waals surface area contributed by atoms with Crippen molar-refractivity contribution in [1.29, 1.82) is 0 Å². The number of nitrogens with zero attached hydrogens (tertiary/aromatic N) is 3. The summed E-state index contributed by atoms with van der Waals surface area (Å²) in [6.45, 7) is -0.394. The van der Waals surface area contributed by atoms with E-state index in [1.54, 1.807) is 60.7 Å². The van der Waals surface area contributed by atoms with Crippen molar-refractivity contribution in [2.24, 2.45) is 0 Å². The number of nitrogen functional groups attached to an aromatic ring is 1. The smallest absolute Gasteiger partial charge is 0.341 e. The molecule has 27 heavy (non-hydrogen) atoms. The number of anilines is 1. The van der Waals surface area contributed by atoms with Crippen LogP contribution in [0, 0.1) is 0 Å². The van der Waals surface area contributed by atoms with Crippen molar-refractivity contribution in [1.82, 2.24) is 15.0 Å². The number of benzene rings is 2. The van der Waals surface area contributed by atoms with Gasteiger partial charge in [0.05, 0.1) is 5.56 Å². The number of phenolic OH excluding ortho intramolecular Hbond substituents is 1. The fraction of sp³-hybridized carbons (Fsp3) is 0.0526. The van der Waals surface area contributed by atoms with E-state index in [1.165, 1.54) is 0 Å². The van der Waals surface area contributed by atoms with Crippen LogP contribution in [0.2, 0.25) is 0 Å². The predicted molar refractivity (Wildman–Crippen MR) is 99.8 cm³/mol. The van der Waals surface area contributed by atoms with E-state index in [-0.39, 0.29) is 17.5 Å². The lowest BCUT2D eigenvalue weighted by Gasteiger charge is -2.05. The molecular weight excluding hydrogens is 348 g/mol. The largest absolute Gasteiger partial charge is 0.507 e. The number of ether oxygens (including phenoxy) is 1. The minimum Gasteiger partial charge on any atom is -0.507 e. The molecule has 0 spiro atoms. The number of carbonyl (C=O) groups is 1. The average molecular weight is 364 g/mol. The Balaban J connectivity index is 1.79. The third kappa shape index (κ3) is 4.79. The highest BCUT2D eigenvalue weighted by molar-refractivity contribution is 5.70. The van der Waals surface area contributed by atoms with Crippen molar-refractivity contribution in [3.05, 3.63) is 59.9 Å². The van der Waals surface area contributed by atoms with Gasteiger partial charge in [0.25, 0.3) is 0 Å². The van der Waals surface area contributed by atoms with Gasteiger partial charge in [0.15, 0.2) is 18.3 Å². The summed E-state index contributed by atoms with van der Waals surface area (Å²) in [4.78, 5) is 22.9. The van der Waals surface area contributed by atoms with Crippen LogP contribution >= 0.6 is 0 Å². The second-order valence-electron chi connectivity index (χ2n) is 5.48. The summed E-state index contributed by atoms with van der Waals surface area (Å²) < 4.78 is 5.08. The molecule has 0 unspecified atom stereocenters. The molecule has 0 radical (unpaired) electrons. The van der Waals surface area contributed by atoms with Crippen LogP contribution < -0.4 is 10.5 Å². The summed E-state index contributed by atoms with van der Waals surface area (Å²) in [5.74, 6) is 0.132. The number of phenols is 1. The number of rotatable bonds is 6. The zero-order chi connectivity index (χ0) is 19.2. The van der Waals surface area contributed by atoms with Gasteiger partial charge in [0.1, 0.15) is 11.5 Å². The molecule has 3 aromatic rings. The maximum absolute atomic E-state index is 10.5. The molecule has 0 saturated heterocycles. The fourth-order valence-electron chi connectivity index (χ4n) is 2.26. The van der Waals surface area contributed by atoms with Gasteiger partial charge in [0, 0.05) is 0 Å². The van der Waals surface area contributed by atoms with Crippen LogP contribution in [0.4, 0.5) is 5.95 Å². The van der Waals surface area contributed by atoms with Gasteiger partial charge in [-0.3, -0.25) is 0 Å². The predicted octanol–water partition coefficient (Wildman–Crippen LogP) is 2.46. The van der Waals surface area contributed by atoms with E-state index in [2.05, 4.69) is 15.0 Å². The molecule has 0 saturated carbocycles. The van der Waals surface area contributed by atoms with Crippen LogP contribution in [0.25, 0.3) is 23.5 Å². The molecule has 4 N–H and O–H groups in total. The quantitative estimate of drug-likeness (QED) is 0.608. The summed E-state index contributed by atoms with van der Waals surface area (Å²) >= 11 is 0. The molecule has 1 aromatic heterocycles.